The first-order chi connectivity index (χ1) is 11.6. The summed E-state index contributed by atoms with van der Waals surface area (Å²) < 4.78 is 5.53. The second-order valence-electron chi connectivity index (χ2n) is 6.14. The van der Waals surface area contributed by atoms with Gasteiger partial charge in [0.05, 0.1) is 31.1 Å². The third-order valence-electron chi connectivity index (χ3n) is 4.48. The summed E-state index contributed by atoms with van der Waals surface area (Å²) in [7, 11) is 0. The Bertz CT molecular complexity index is 718. The lowest BCUT2D eigenvalue weighted by molar-refractivity contribution is -0.0667. The van der Waals surface area contributed by atoms with Crippen LogP contribution in [0.2, 0.25) is 0 Å². The number of aromatic nitrogens is 1. The zero-order chi connectivity index (χ0) is 17.1. The predicted molar refractivity (Wildman–Crippen MR) is 91.7 cm³/mol. The highest BCUT2D eigenvalue weighted by molar-refractivity contribution is 5.97. The van der Waals surface area contributed by atoms with Gasteiger partial charge in [-0.25, -0.2) is 0 Å². The molecule has 1 fully saturated rings. The maximum atomic E-state index is 13.0. The van der Waals surface area contributed by atoms with Crippen molar-refractivity contribution in [2.24, 2.45) is 0 Å². The van der Waals surface area contributed by atoms with E-state index >= 15 is 0 Å². The summed E-state index contributed by atoms with van der Waals surface area (Å²) in [6.45, 7) is 4.68. The van der Waals surface area contributed by atoms with Crippen LogP contribution in [0.4, 0.5) is 0 Å². The second kappa shape index (κ2) is 7.11. The molecule has 0 spiro atoms. The van der Waals surface area contributed by atoms with Crippen LogP contribution in [0, 0.1) is 6.92 Å². The zero-order valence-electron chi connectivity index (χ0n) is 14.0. The van der Waals surface area contributed by atoms with Crippen LogP contribution >= 0.6 is 0 Å². The predicted octanol–water partition coefficient (Wildman–Crippen LogP) is 2.28. The van der Waals surface area contributed by atoms with Crippen molar-refractivity contribution in [2.75, 3.05) is 19.8 Å². The third kappa shape index (κ3) is 3.18. The monoisotopic (exact) mass is 326 g/mol. The number of nitrogens with zero attached hydrogens (tertiary/aromatic N) is 2. The maximum Gasteiger partial charge on any atom is 0.254 e. The molecule has 2 heterocycles. The molecular formula is C19H22N2O3. The number of amides is 1. The first kappa shape index (κ1) is 16.6. The molecule has 1 aliphatic heterocycles. The van der Waals surface area contributed by atoms with Crippen LogP contribution in [-0.4, -0.2) is 52.8 Å². The highest BCUT2D eigenvalue weighted by Gasteiger charge is 2.30. The van der Waals surface area contributed by atoms with Crippen molar-refractivity contribution in [3.05, 3.63) is 53.7 Å². The van der Waals surface area contributed by atoms with Gasteiger partial charge in [-0.15, -0.1) is 0 Å². The van der Waals surface area contributed by atoms with Crippen LogP contribution in [0.3, 0.4) is 0 Å². The van der Waals surface area contributed by atoms with Gasteiger partial charge in [-0.1, -0.05) is 18.2 Å². The maximum absolute atomic E-state index is 13.0. The molecule has 5 nitrogen and oxygen atoms in total. The third-order valence-corrected chi connectivity index (χ3v) is 4.48. The van der Waals surface area contributed by atoms with E-state index in [9.17, 15) is 9.90 Å². The number of hydrogen-bond donors (Lipinski definition) is 1. The molecule has 24 heavy (non-hydrogen) atoms. The lowest BCUT2D eigenvalue weighted by Crippen LogP contribution is -2.52. The Balaban J connectivity index is 1.93. The highest BCUT2D eigenvalue weighted by atomic mass is 16.5. The number of ether oxygens (including phenoxy) is 1. The van der Waals surface area contributed by atoms with E-state index in [1.165, 1.54) is 0 Å². The van der Waals surface area contributed by atoms with E-state index in [0.29, 0.717) is 18.7 Å². The summed E-state index contributed by atoms with van der Waals surface area (Å²) in [5, 5.41) is 9.32. The minimum atomic E-state index is -0.315. The lowest BCUT2D eigenvalue weighted by Gasteiger charge is -2.37. The average molecular weight is 326 g/mol. The summed E-state index contributed by atoms with van der Waals surface area (Å²) in [6.07, 6.45) is 1.43. The molecule has 2 unspecified atom stereocenters. The molecule has 1 saturated heterocycles. The Labute approximate surface area is 141 Å². The van der Waals surface area contributed by atoms with Crippen LogP contribution < -0.4 is 0 Å². The fourth-order valence-electron chi connectivity index (χ4n) is 3.03. The van der Waals surface area contributed by atoms with Crippen molar-refractivity contribution in [2.45, 2.75) is 26.0 Å². The van der Waals surface area contributed by atoms with E-state index < -0.39 is 0 Å². The zero-order valence-corrected chi connectivity index (χ0v) is 14.0. The van der Waals surface area contributed by atoms with E-state index in [1.807, 2.05) is 50.2 Å². The number of aliphatic hydroxyl groups is 1. The molecule has 1 aliphatic rings. The molecule has 3 rings (SSSR count). The highest BCUT2D eigenvalue weighted by Crippen LogP contribution is 2.26. The summed E-state index contributed by atoms with van der Waals surface area (Å²) in [6, 6.07) is 11.4. The van der Waals surface area contributed by atoms with Crippen LogP contribution in [0.1, 0.15) is 22.8 Å². The molecule has 0 aliphatic carbocycles. The van der Waals surface area contributed by atoms with E-state index in [2.05, 4.69) is 4.98 Å². The van der Waals surface area contributed by atoms with Crippen molar-refractivity contribution in [1.82, 2.24) is 9.88 Å². The fraction of sp³-hybridized carbons (Fsp3) is 0.368. The number of carbonyl (C=O) groups excluding carboxylic acids is 1. The van der Waals surface area contributed by atoms with Gasteiger partial charge in [-0.3, -0.25) is 9.78 Å². The molecular weight excluding hydrogens is 304 g/mol. The molecule has 2 atom stereocenters. The first-order valence-electron chi connectivity index (χ1n) is 8.16. The van der Waals surface area contributed by atoms with Gasteiger partial charge in [0.1, 0.15) is 0 Å². The summed E-state index contributed by atoms with van der Waals surface area (Å²) >= 11 is 0. The lowest BCUT2D eigenvalue weighted by atomic mass is 9.98. The fourth-order valence-corrected chi connectivity index (χ4v) is 3.03. The van der Waals surface area contributed by atoms with Crippen LogP contribution in [-0.2, 0) is 4.74 Å². The Morgan fingerprint density at radius 3 is 2.88 bits per heavy atom. The van der Waals surface area contributed by atoms with Crippen LogP contribution in [0.25, 0.3) is 11.3 Å². The number of benzene rings is 1. The van der Waals surface area contributed by atoms with Gasteiger partial charge < -0.3 is 14.7 Å². The van der Waals surface area contributed by atoms with Gasteiger partial charge in [-0.05, 0) is 37.6 Å². The Morgan fingerprint density at radius 1 is 1.33 bits per heavy atom. The van der Waals surface area contributed by atoms with Gasteiger partial charge in [0.15, 0.2) is 0 Å². The molecule has 0 saturated carbocycles. The smallest absolute Gasteiger partial charge is 0.254 e. The van der Waals surface area contributed by atoms with E-state index in [0.717, 1.165) is 16.8 Å². The van der Waals surface area contributed by atoms with Crippen molar-refractivity contribution >= 4 is 5.91 Å². The molecule has 1 aromatic carbocycles. The summed E-state index contributed by atoms with van der Waals surface area (Å²) in [4.78, 5) is 19.2. The average Bonchev–Trinajstić information content (AvgIpc) is 2.62. The van der Waals surface area contributed by atoms with E-state index in [4.69, 9.17) is 4.74 Å². The quantitative estimate of drug-likeness (QED) is 0.940. The Kier molecular flexibility index (Phi) is 4.92. The number of rotatable bonds is 3. The van der Waals surface area contributed by atoms with Gasteiger partial charge in [0.2, 0.25) is 0 Å². The molecule has 5 heteroatoms. The molecule has 1 aromatic heterocycles. The van der Waals surface area contributed by atoms with Crippen molar-refractivity contribution < 1.29 is 14.6 Å². The van der Waals surface area contributed by atoms with E-state index in [-0.39, 0.29) is 24.7 Å². The number of morpholine rings is 1. The van der Waals surface area contributed by atoms with Crippen LogP contribution in [0.15, 0.2) is 42.6 Å². The molecule has 1 amide bonds. The van der Waals surface area contributed by atoms with Gasteiger partial charge in [-0.2, -0.15) is 0 Å². The van der Waals surface area contributed by atoms with Gasteiger partial charge >= 0.3 is 0 Å². The van der Waals surface area contributed by atoms with E-state index in [1.54, 1.807) is 11.1 Å². The summed E-state index contributed by atoms with van der Waals surface area (Å²) in [5.74, 6) is -0.0282. The van der Waals surface area contributed by atoms with Crippen molar-refractivity contribution in [3.63, 3.8) is 0 Å². The van der Waals surface area contributed by atoms with Crippen molar-refractivity contribution in [3.8, 4) is 11.3 Å². The largest absolute Gasteiger partial charge is 0.394 e. The molecule has 126 valence electrons. The number of pyridine rings is 1. The number of carbonyl (C=O) groups is 1. The minimum Gasteiger partial charge on any atom is -0.394 e. The molecule has 1 N–H and O–H groups in total. The summed E-state index contributed by atoms with van der Waals surface area (Å²) in [5.41, 5.74) is 3.40. The topological polar surface area (TPSA) is 62.7 Å². The van der Waals surface area contributed by atoms with Gasteiger partial charge in [0, 0.05) is 23.9 Å². The van der Waals surface area contributed by atoms with Gasteiger partial charge in [0.25, 0.3) is 5.91 Å². The normalized spacial score (nSPS) is 20.9. The SMILES string of the molecule is Cc1c(C(=O)N2CC(CO)OCC2C)cccc1-c1ccccn1. The number of aliphatic hydroxyl groups excluding tert-OH is 1. The molecule has 0 radical (unpaired) electrons. The molecule has 0 bridgehead atoms. The first-order valence-corrected chi connectivity index (χ1v) is 8.16. The Hall–Kier alpha value is -2.24. The number of hydrogen-bond acceptors (Lipinski definition) is 4. The van der Waals surface area contributed by atoms with Crippen LogP contribution in [0.5, 0.6) is 0 Å². The molecule has 2 aromatic rings. The standard InChI is InChI=1S/C19H22N2O3/c1-13-12-24-15(11-22)10-21(13)19(23)17-7-5-6-16(14(17)2)18-8-3-4-9-20-18/h3-9,13,15,22H,10-12H2,1-2H3. The minimum absolute atomic E-state index is 0.0155. The second-order valence-corrected chi connectivity index (χ2v) is 6.14. The Morgan fingerprint density at radius 2 is 2.17 bits per heavy atom. The van der Waals surface area contributed by atoms with Crippen molar-refractivity contribution in [1.29, 1.82) is 0 Å².